The highest BCUT2D eigenvalue weighted by atomic mass is 32.2. The highest BCUT2D eigenvalue weighted by Crippen LogP contribution is 2.46. The maximum atomic E-state index is 13.6. The highest BCUT2D eigenvalue weighted by molar-refractivity contribution is 7.83. The number of anilines is 1. The Morgan fingerprint density at radius 2 is 1.91 bits per heavy atom. The van der Waals surface area contributed by atoms with Crippen molar-refractivity contribution >= 4 is 22.8 Å². The number of pyridine rings is 1. The number of carbonyl (C=O) groups excluding carboxylic acids is 1. The fourth-order valence-electron chi connectivity index (χ4n) is 6.19. The van der Waals surface area contributed by atoms with Crippen molar-refractivity contribution in [1.82, 2.24) is 14.6 Å². The largest absolute Gasteiger partial charge is 0.494 e. The standard InChI is InChI=1S/C34H41FN4O6S/c1-2-44-32-20-30(31-10-5-26(35)21-36-31)29(24-3-4-24)19-25(32)22-38-14-11-34(12-15-38)23-39(33(41)45-34)27-6-8-28(9-7-27)46(42)37-13-17-43-18-16-40/h5-10,19-21,24,37,40H,2-4,11-18,22-23H2,1H3. The molecule has 246 valence electrons. The first-order valence-electron chi connectivity index (χ1n) is 16.0. The third kappa shape index (κ3) is 7.58. The number of rotatable bonds is 14. The second kappa shape index (κ2) is 14.6. The monoisotopic (exact) mass is 652 g/mol. The molecule has 0 radical (unpaired) electrons. The molecule has 2 N–H and O–H groups in total. The minimum Gasteiger partial charge on any atom is -0.494 e. The fourth-order valence-corrected chi connectivity index (χ4v) is 7.01. The van der Waals surface area contributed by atoms with Crippen LogP contribution in [0.25, 0.3) is 11.3 Å². The molecule has 12 heteroatoms. The van der Waals surface area contributed by atoms with Crippen molar-refractivity contribution in [3.05, 3.63) is 71.7 Å². The van der Waals surface area contributed by atoms with Crippen molar-refractivity contribution < 1.29 is 32.7 Å². The number of halogens is 1. The zero-order chi connectivity index (χ0) is 32.1. The Balaban J connectivity index is 1.08. The SMILES string of the molecule is CCOc1cc(-c2ccc(F)cn2)c(C2CC2)cc1CN1CCC2(CC1)CN(c1ccc(S(=O)NCCOCCO)cc1)C(=O)O2. The average Bonchev–Trinajstić information content (AvgIpc) is 3.86. The molecule has 1 unspecified atom stereocenters. The van der Waals surface area contributed by atoms with Crippen LogP contribution in [-0.2, 0) is 27.0 Å². The van der Waals surface area contributed by atoms with E-state index in [1.54, 1.807) is 35.2 Å². The van der Waals surface area contributed by atoms with Crippen LogP contribution >= 0.6 is 0 Å². The van der Waals surface area contributed by atoms with E-state index in [0.29, 0.717) is 42.8 Å². The van der Waals surface area contributed by atoms with Gasteiger partial charge < -0.3 is 19.3 Å². The van der Waals surface area contributed by atoms with Crippen LogP contribution in [0.4, 0.5) is 14.9 Å². The maximum absolute atomic E-state index is 13.6. The molecule has 2 saturated heterocycles. The summed E-state index contributed by atoms with van der Waals surface area (Å²) in [6.07, 6.45) is 4.60. The molecule has 3 aliphatic rings. The number of likely N-dealkylation sites (tertiary alicyclic amines) is 1. The number of carbonyl (C=O) groups is 1. The summed E-state index contributed by atoms with van der Waals surface area (Å²) in [6, 6.07) is 14.6. The van der Waals surface area contributed by atoms with Gasteiger partial charge in [-0.15, -0.1) is 0 Å². The smallest absolute Gasteiger partial charge is 0.415 e. The molecular formula is C34H41FN4O6S. The van der Waals surface area contributed by atoms with Crippen molar-refractivity contribution in [1.29, 1.82) is 0 Å². The molecule has 1 aromatic heterocycles. The van der Waals surface area contributed by atoms with Crippen LogP contribution in [0.15, 0.2) is 59.6 Å². The molecule has 2 aliphatic heterocycles. The number of benzene rings is 2. The molecule has 6 rings (SSSR count). The van der Waals surface area contributed by atoms with Gasteiger partial charge in [0.2, 0.25) is 0 Å². The van der Waals surface area contributed by atoms with Crippen molar-refractivity contribution in [2.45, 2.75) is 55.6 Å². The van der Waals surface area contributed by atoms with Crippen LogP contribution < -0.4 is 14.4 Å². The molecule has 3 heterocycles. The molecule has 46 heavy (non-hydrogen) atoms. The highest BCUT2D eigenvalue weighted by Gasteiger charge is 2.47. The van der Waals surface area contributed by atoms with Crippen molar-refractivity contribution in [3.8, 4) is 17.0 Å². The van der Waals surface area contributed by atoms with Crippen molar-refractivity contribution in [2.75, 3.05) is 57.5 Å². The van der Waals surface area contributed by atoms with Crippen molar-refractivity contribution in [2.24, 2.45) is 0 Å². The second-order valence-electron chi connectivity index (χ2n) is 12.0. The van der Waals surface area contributed by atoms with Gasteiger partial charge in [-0.3, -0.25) is 14.8 Å². The number of amides is 1. The lowest BCUT2D eigenvalue weighted by molar-refractivity contribution is -0.00111. The van der Waals surface area contributed by atoms with Gasteiger partial charge in [-0.2, -0.15) is 0 Å². The zero-order valence-electron chi connectivity index (χ0n) is 26.1. The van der Waals surface area contributed by atoms with Gasteiger partial charge in [-0.1, -0.05) is 0 Å². The predicted octanol–water partition coefficient (Wildman–Crippen LogP) is 4.78. The molecule has 3 fully saturated rings. The maximum Gasteiger partial charge on any atom is 0.415 e. The number of ether oxygens (including phenoxy) is 3. The van der Waals surface area contributed by atoms with E-state index in [1.807, 2.05) is 6.92 Å². The van der Waals surface area contributed by atoms with Gasteiger partial charge in [-0.25, -0.2) is 18.1 Å². The third-order valence-electron chi connectivity index (χ3n) is 8.76. The Labute approximate surface area is 271 Å². The lowest BCUT2D eigenvalue weighted by atomic mass is 9.90. The van der Waals surface area contributed by atoms with E-state index in [1.165, 1.54) is 17.8 Å². The Kier molecular flexibility index (Phi) is 10.3. The van der Waals surface area contributed by atoms with Gasteiger partial charge in [0.15, 0.2) is 0 Å². The minimum atomic E-state index is -1.41. The number of aromatic nitrogens is 1. The van der Waals surface area contributed by atoms with Crippen LogP contribution in [0, 0.1) is 5.82 Å². The van der Waals surface area contributed by atoms with E-state index < -0.39 is 16.6 Å². The normalized spacial score (nSPS) is 18.6. The zero-order valence-corrected chi connectivity index (χ0v) is 26.9. The van der Waals surface area contributed by atoms with Crippen LogP contribution in [0.2, 0.25) is 0 Å². The summed E-state index contributed by atoms with van der Waals surface area (Å²) in [4.78, 5) is 22.0. The van der Waals surface area contributed by atoms with Crippen LogP contribution in [0.5, 0.6) is 5.75 Å². The summed E-state index contributed by atoms with van der Waals surface area (Å²) in [7, 11) is -1.41. The van der Waals surface area contributed by atoms with Gasteiger partial charge in [0.1, 0.15) is 28.2 Å². The average molecular weight is 653 g/mol. The topological polar surface area (TPSA) is 113 Å². The Morgan fingerprint density at radius 3 is 2.59 bits per heavy atom. The number of piperidine rings is 1. The van der Waals surface area contributed by atoms with E-state index in [2.05, 4.69) is 26.7 Å². The van der Waals surface area contributed by atoms with Gasteiger partial charge in [0, 0.05) is 55.8 Å². The van der Waals surface area contributed by atoms with Gasteiger partial charge in [0.05, 0.1) is 49.8 Å². The summed E-state index contributed by atoms with van der Waals surface area (Å²) in [6.45, 7) is 6.19. The first-order chi connectivity index (χ1) is 22.4. The number of hydrogen-bond donors (Lipinski definition) is 2. The Hall–Kier alpha value is -3.42. The number of hydrogen-bond acceptors (Lipinski definition) is 8. The van der Waals surface area contributed by atoms with E-state index in [-0.39, 0.29) is 25.1 Å². The number of aliphatic hydroxyl groups is 1. The lowest BCUT2D eigenvalue weighted by Crippen LogP contribution is -2.46. The van der Waals surface area contributed by atoms with Gasteiger partial charge in [-0.05, 0) is 79.8 Å². The van der Waals surface area contributed by atoms with Crippen LogP contribution in [-0.4, -0.2) is 83.5 Å². The molecule has 0 bridgehead atoms. The summed E-state index contributed by atoms with van der Waals surface area (Å²) >= 11 is 0. The third-order valence-corrected chi connectivity index (χ3v) is 9.93. The quantitative estimate of drug-likeness (QED) is 0.240. The molecule has 1 aliphatic carbocycles. The first kappa shape index (κ1) is 32.5. The Bertz CT molecular complexity index is 1530. The molecule has 1 spiro atoms. The summed E-state index contributed by atoms with van der Waals surface area (Å²) < 4.78 is 46.3. The minimum absolute atomic E-state index is 0.0484. The van der Waals surface area contributed by atoms with Crippen molar-refractivity contribution in [3.63, 3.8) is 0 Å². The second-order valence-corrected chi connectivity index (χ2v) is 13.3. The van der Waals surface area contributed by atoms with E-state index in [9.17, 15) is 13.4 Å². The van der Waals surface area contributed by atoms with E-state index >= 15 is 0 Å². The van der Waals surface area contributed by atoms with Crippen LogP contribution in [0.1, 0.15) is 49.7 Å². The van der Waals surface area contributed by atoms with E-state index in [4.69, 9.17) is 19.3 Å². The molecule has 10 nitrogen and oxygen atoms in total. The predicted molar refractivity (Wildman–Crippen MR) is 173 cm³/mol. The molecule has 3 aromatic rings. The number of nitrogens with one attached hydrogen (secondary N) is 1. The Morgan fingerprint density at radius 1 is 1.13 bits per heavy atom. The summed E-state index contributed by atoms with van der Waals surface area (Å²) in [5.74, 6) is 0.947. The summed E-state index contributed by atoms with van der Waals surface area (Å²) in [5, 5.41) is 8.77. The molecule has 1 amide bonds. The van der Waals surface area contributed by atoms with Crippen LogP contribution in [0.3, 0.4) is 0 Å². The first-order valence-corrected chi connectivity index (χ1v) is 17.1. The molecule has 2 aromatic carbocycles. The van der Waals surface area contributed by atoms with E-state index in [0.717, 1.165) is 67.9 Å². The molecular weight excluding hydrogens is 611 g/mol. The molecule has 1 atom stereocenters. The van der Waals surface area contributed by atoms with Gasteiger partial charge in [0.25, 0.3) is 0 Å². The number of nitrogens with zero attached hydrogens (tertiary/aromatic N) is 3. The molecule has 1 saturated carbocycles. The lowest BCUT2D eigenvalue weighted by Gasteiger charge is -2.37. The number of aliphatic hydroxyl groups excluding tert-OH is 1. The fraction of sp³-hybridized carbons (Fsp3) is 0.471. The van der Waals surface area contributed by atoms with Gasteiger partial charge >= 0.3 is 6.09 Å². The summed E-state index contributed by atoms with van der Waals surface area (Å²) in [5.41, 5.74) is 4.28.